The second kappa shape index (κ2) is 11.3. The summed E-state index contributed by atoms with van der Waals surface area (Å²) in [5.41, 5.74) is 0.857. The highest BCUT2D eigenvalue weighted by molar-refractivity contribution is 6.05. The number of hydrogen-bond donors (Lipinski definition) is 1. The first kappa shape index (κ1) is 25.5. The molecule has 34 heavy (non-hydrogen) atoms. The Balaban J connectivity index is 1.75. The number of amides is 4. The Kier molecular flexibility index (Phi) is 8.47. The van der Waals surface area contributed by atoms with Crippen LogP contribution in [0.4, 0.5) is 0 Å². The molecule has 8 nitrogen and oxygen atoms in total. The van der Waals surface area contributed by atoms with Crippen LogP contribution in [-0.2, 0) is 25.7 Å². The molecule has 1 heterocycles. The largest absolute Gasteiger partial charge is 0.497 e. The number of nitrogens with zero attached hydrogens (tertiary/aromatic N) is 2. The molecular formula is C26H35N3O5. The molecule has 2 aliphatic rings. The van der Waals surface area contributed by atoms with E-state index >= 15 is 0 Å². The molecule has 1 saturated heterocycles. The Hall–Kier alpha value is -3.16. The number of hydrogen-bond acceptors (Lipinski definition) is 5. The minimum absolute atomic E-state index is 0.0219. The van der Waals surface area contributed by atoms with E-state index in [0.29, 0.717) is 25.0 Å². The summed E-state index contributed by atoms with van der Waals surface area (Å²) in [4.78, 5) is 54.7. The fraction of sp³-hybridized carbons (Fsp3) is 0.538. The minimum Gasteiger partial charge on any atom is -0.497 e. The smallest absolute Gasteiger partial charge is 0.243 e. The number of carbonyl (C=O) groups excluding carboxylic acids is 4. The van der Waals surface area contributed by atoms with Gasteiger partial charge < -0.3 is 15.0 Å². The normalized spacial score (nSPS) is 20.3. The molecule has 0 bridgehead atoms. The van der Waals surface area contributed by atoms with Gasteiger partial charge in [-0.1, -0.05) is 31.2 Å². The van der Waals surface area contributed by atoms with Gasteiger partial charge >= 0.3 is 0 Å². The predicted molar refractivity (Wildman–Crippen MR) is 128 cm³/mol. The molecule has 1 fully saturated rings. The van der Waals surface area contributed by atoms with Crippen molar-refractivity contribution in [1.82, 2.24) is 15.1 Å². The third-order valence-corrected chi connectivity index (χ3v) is 6.48. The zero-order valence-electron chi connectivity index (χ0n) is 20.5. The fourth-order valence-electron chi connectivity index (χ4n) is 4.67. The van der Waals surface area contributed by atoms with E-state index in [1.54, 1.807) is 12.0 Å². The second-order valence-corrected chi connectivity index (χ2v) is 9.19. The molecule has 0 saturated carbocycles. The van der Waals surface area contributed by atoms with Crippen molar-refractivity contribution in [3.63, 3.8) is 0 Å². The summed E-state index contributed by atoms with van der Waals surface area (Å²) in [7, 11) is 1.58. The van der Waals surface area contributed by atoms with E-state index in [0.717, 1.165) is 5.56 Å². The van der Waals surface area contributed by atoms with Crippen molar-refractivity contribution >= 4 is 23.6 Å². The highest BCUT2D eigenvalue weighted by Crippen LogP contribution is 2.35. The van der Waals surface area contributed by atoms with Crippen molar-refractivity contribution in [2.24, 2.45) is 11.8 Å². The highest BCUT2D eigenvalue weighted by atomic mass is 16.5. The number of carbonyl (C=O) groups is 4. The summed E-state index contributed by atoms with van der Waals surface area (Å²) < 4.78 is 5.21. The first-order chi connectivity index (χ1) is 16.3. The molecule has 0 spiro atoms. The Morgan fingerprint density at radius 2 is 1.68 bits per heavy atom. The summed E-state index contributed by atoms with van der Waals surface area (Å²) in [6.07, 6.45) is 5.43. The Bertz CT molecular complexity index is 914. The average molecular weight is 470 g/mol. The van der Waals surface area contributed by atoms with Gasteiger partial charge in [0.15, 0.2) is 0 Å². The average Bonchev–Trinajstić information content (AvgIpc) is 3.07. The number of nitrogens with one attached hydrogen (secondary N) is 1. The van der Waals surface area contributed by atoms with Gasteiger partial charge in [-0.05, 0) is 50.8 Å². The lowest BCUT2D eigenvalue weighted by atomic mass is 9.85. The van der Waals surface area contributed by atoms with Crippen LogP contribution in [0.15, 0.2) is 36.4 Å². The number of methoxy groups -OCH3 is 1. The molecular weight excluding hydrogens is 434 g/mol. The van der Waals surface area contributed by atoms with Gasteiger partial charge in [-0.25, -0.2) is 0 Å². The van der Waals surface area contributed by atoms with Gasteiger partial charge in [-0.3, -0.25) is 24.1 Å². The summed E-state index contributed by atoms with van der Waals surface area (Å²) in [6.45, 7) is 5.89. The molecule has 3 atom stereocenters. The van der Waals surface area contributed by atoms with Crippen molar-refractivity contribution < 1.29 is 23.9 Å². The molecule has 1 aliphatic carbocycles. The van der Waals surface area contributed by atoms with Crippen LogP contribution in [0.3, 0.4) is 0 Å². The minimum atomic E-state index is -0.659. The number of allylic oxidation sites excluding steroid dienone is 2. The van der Waals surface area contributed by atoms with Gasteiger partial charge in [0.25, 0.3) is 0 Å². The van der Waals surface area contributed by atoms with Gasteiger partial charge in [0.1, 0.15) is 11.8 Å². The molecule has 1 aromatic carbocycles. The first-order valence-corrected chi connectivity index (χ1v) is 12.0. The van der Waals surface area contributed by atoms with E-state index in [-0.39, 0.29) is 61.0 Å². The summed E-state index contributed by atoms with van der Waals surface area (Å²) in [5.74, 6) is -0.809. The molecule has 0 aromatic heterocycles. The number of benzene rings is 1. The molecule has 1 N–H and O–H groups in total. The molecule has 1 unspecified atom stereocenters. The zero-order chi connectivity index (χ0) is 24.8. The predicted octanol–water partition coefficient (Wildman–Crippen LogP) is 2.67. The van der Waals surface area contributed by atoms with Gasteiger partial charge in [0.2, 0.25) is 23.6 Å². The summed E-state index contributed by atoms with van der Waals surface area (Å²) in [6, 6.07) is 6.62. The van der Waals surface area contributed by atoms with Gasteiger partial charge in [-0.2, -0.15) is 0 Å². The van der Waals surface area contributed by atoms with Crippen molar-refractivity contribution in [3.05, 3.63) is 42.0 Å². The number of ether oxygens (including phenoxy) is 1. The van der Waals surface area contributed by atoms with E-state index in [4.69, 9.17) is 4.74 Å². The third kappa shape index (κ3) is 5.66. The lowest BCUT2D eigenvalue weighted by Crippen LogP contribution is -2.51. The van der Waals surface area contributed by atoms with Gasteiger partial charge in [0, 0.05) is 25.6 Å². The van der Waals surface area contributed by atoms with E-state index in [1.165, 1.54) is 4.90 Å². The molecule has 4 amide bonds. The third-order valence-electron chi connectivity index (χ3n) is 6.48. The topological polar surface area (TPSA) is 96.0 Å². The fourth-order valence-corrected chi connectivity index (χ4v) is 4.67. The monoisotopic (exact) mass is 469 g/mol. The number of rotatable bonds is 10. The van der Waals surface area contributed by atoms with Crippen molar-refractivity contribution in [3.8, 4) is 5.75 Å². The number of fused-ring (bicyclic) bond motifs is 1. The Labute approximate surface area is 201 Å². The van der Waals surface area contributed by atoms with Crippen LogP contribution in [-0.4, -0.2) is 59.2 Å². The zero-order valence-corrected chi connectivity index (χ0v) is 20.5. The number of likely N-dealkylation sites (tertiary alicyclic amines) is 1. The van der Waals surface area contributed by atoms with Crippen molar-refractivity contribution in [2.45, 2.75) is 65.1 Å². The Morgan fingerprint density at radius 1 is 1.09 bits per heavy atom. The Morgan fingerprint density at radius 3 is 2.18 bits per heavy atom. The van der Waals surface area contributed by atoms with Crippen LogP contribution in [0.2, 0.25) is 0 Å². The van der Waals surface area contributed by atoms with Crippen molar-refractivity contribution in [2.75, 3.05) is 13.7 Å². The lowest BCUT2D eigenvalue weighted by Gasteiger charge is -2.31. The van der Waals surface area contributed by atoms with Crippen LogP contribution >= 0.6 is 0 Å². The molecule has 184 valence electrons. The lowest BCUT2D eigenvalue weighted by molar-refractivity contribution is -0.144. The molecule has 0 radical (unpaired) electrons. The second-order valence-electron chi connectivity index (χ2n) is 9.19. The summed E-state index contributed by atoms with van der Waals surface area (Å²) >= 11 is 0. The van der Waals surface area contributed by atoms with Crippen LogP contribution in [0, 0.1) is 11.8 Å². The molecule has 1 aromatic rings. The van der Waals surface area contributed by atoms with Crippen molar-refractivity contribution in [1.29, 1.82) is 0 Å². The maximum Gasteiger partial charge on any atom is 0.243 e. The van der Waals surface area contributed by atoms with E-state index in [1.807, 2.05) is 57.2 Å². The maximum absolute atomic E-state index is 13.4. The summed E-state index contributed by atoms with van der Waals surface area (Å²) in [5, 5.41) is 2.90. The van der Waals surface area contributed by atoms with E-state index in [9.17, 15) is 19.2 Å². The SMILES string of the molecule is CCC(C(=O)NC(C)C)N(Cc1ccc(OC)cc1)C(=O)CCN1C(=O)[C@H]2CC=CC[C@H]2C1=O. The standard InChI is InChI=1S/C26H35N3O5/c1-5-22(24(31)27-17(2)3)29(16-18-10-12-19(34-4)13-11-18)23(30)14-15-28-25(32)20-8-6-7-9-21(20)26(28)33/h6-7,10-13,17,20-22H,5,8-9,14-16H2,1-4H3,(H,27,31)/t20-,21+,22?. The van der Waals surface area contributed by atoms with Crippen LogP contribution in [0.5, 0.6) is 5.75 Å². The molecule has 8 heteroatoms. The maximum atomic E-state index is 13.4. The van der Waals surface area contributed by atoms with Crippen LogP contribution < -0.4 is 10.1 Å². The van der Waals surface area contributed by atoms with Crippen LogP contribution in [0.25, 0.3) is 0 Å². The first-order valence-electron chi connectivity index (χ1n) is 12.0. The molecule has 3 rings (SSSR count). The van der Waals surface area contributed by atoms with E-state index in [2.05, 4.69) is 5.32 Å². The van der Waals surface area contributed by atoms with Gasteiger partial charge in [-0.15, -0.1) is 0 Å². The van der Waals surface area contributed by atoms with E-state index < -0.39 is 6.04 Å². The van der Waals surface area contributed by atoms with Gasteiger partial charge in [0.05, 0.1) is 18.9 Å². The quantitative estimate of drug-likeness (QED) is 0.420. The van der Waals surface area contributed by atoms with Crippen LogP contribution in [0.1, 0.15) is 52.0 Å². The molecule has 1 aliphatic heterocycles. The highest BCUT2D eigenvalue weighted by Gasteiger charge is 2.47. The number of imide groups is 1.